The van der Waals surface area contributed by atoms with E-state index in [1.807, 2.05) is 0 Å². The maximum absolute atomic E-state index is 10.3. The summed E-state index contributed by atoms with van der Waals surface area (Å²) < 4.78 is 11.3. The maximum atomic E-state index is 10.3. The minimum atomic E-state index is -0.963. The van der Waals surface area contributed by atoms with Crippen molar-refractivity contribution < 1.29 is 19.7 Å². The molecule has 1 aromatic rings. The molecule has 0 amide bonds. The van der Waals surface area contributed by atoms with Gasteiger partial charge in [0, 0.05) is 32.2 Å². The van der Waals surface area contributed by atoms with Gasteiger partial charge in [-0.25, -0.2) is 4.98 Å². The summed E-state index contributed by atoms with van der Waals surface area (Å²) in [5.74, 6) is 1.32. The van der Waals surface area contributed by atoms with Crippen molar-refractivity contribution >= 4 is 5.95 Å². The summed E-state index contributed by atoms with van der Waals surface area (Å²) in [6, 6.07) is 0. The minimum absolute atomic E-state index is 0.406. The molecule has 0 spiro atoms. The van der Waals surface area contributed by atoms with E-state index in [0.29, 0.717) is 12.3 Å². The number of aromatic nitrogens is 2. The predicted octanol–water partition coefficient (Wildman–Crippen LogP) is 0.843. The van der Waals surface area contributed by atoms with Crippen LogP contribution >= 0.6 is 0 Å². The highest BCUT2D eigenvalue weighted by molar-refractivity contribution is 5.43. The number of anilines is 1. The molecule has 2 N–H and O–H groups in total. The lowest BCUT2D eigenvalue weighted by atomic mass is 10.1. The molecule has 25 heavy (non-hydrogen) atoms. The van der Waals surface area contributed by atoms with Gasteiger partial charge >= 0.3 is 0 Å². The summed E-state index contributed by atoms with van der Waals surface area (Å²) >= 11 is 0. The number of aliphatic hydroxyl groups excluding tert-OH is 2. The van der Waals surface area contributed by atoms with Crippen molar-refractivity contribution in [2.75, 3.05) is 25.1 Å². The van der Waals surface area contributed by atoms with Crippen LogP contribution in [0, 0.1) is 0 Å². The summed E-state index contributed by atoms with van der Waals surface area (Å²) in [4.78, 5) is 11.7. The third-order valence-corrected chi connectivity index (χ3v) is 5.66. The SMILES string of the molecule is COC1CC(Oc2nc(N3CCCCC3)nc3c2CCC3)C(O)C1O. The summed E-state index contributed by atoms with van der Waals surface area (Å²) in [6.45, 7) is 1.96. The van der Waals surface area contributed by atoms with Crippen LogP contribution in [0.1, 0.15) is 43.4 Å². The molecule has 0 aromatic carbocycles. The summed E-state index contributed by atoms with van der Waals surface area (Å²) in [6.07, 6.45) is 4.16. The summed E-state index contributed by atoms with van der Waals surface area (Å²) in [7, 11) is 1.54. The van der Waals surface area contributed by atoms with Gasteiger partial charge in [0.2, 0.25) is 11.8 Å². The Morgan fingerprint density at radius 1 is 0.960 bits per heavy atom. The molecule has 0 bridgehead atoms. The first-order valence-corrected chi connectivity index (χ1v) is 9.37. The number of hydrogen-bond donors (Lipinski definition) is 2. The number of aryl methyl sites for hydroxylation is 1. The van der Waals surface area contributed by atoms with Crippen LogP contribution in [-0.4, -0.2) is 64.8 Å². The minimum Gasteiger partial charge on any atom is -0.471 e. The second-order valence-electron chi connectivity index (χ2n) is 7.30. The van der Waals surface area contributed by atoms with Gasteiger partial charge in [0.1, 0.15) is 18.3 Å². The lowest BCUT2D eigenvalue weighted by molar-refractivity contribution is -0.0486. The molecule has 4 unspecified atom stereocenters. The van der Waals surface area contributed by atoms with Gasteiger partial charge in [-0.05, 0) is 38.5 Å². The maximum Gasteiger partial charge on any atom is 0.228 e. The average Bonchev–Trinajstić information content (AvgIpc) is 3.22. The molecule has 4 rings (SSSR count). The molecule has 7 nitrogen and oxygen atoms in total. The zero-order chi connectivity index (χ0) is 17.4. The molecule has 4 atom stereocenters. The molecule has 1 saturated heterocycles. The van der Waals surface area contributed by atoms with Crippen LogP contribution < -0.4 is 9.64 Å². The number of hydrogen-bond acceptors (Lipinski definition) is 7. The van der Waals surface area contributed by atoms with Crippen LogP contribution in [0.3, 0.4) is 0 Å². The first-order valence-electron chi connectivity index (χ1n) is 9.37. The Labute approximate surface area is 148 Å². The number of piperidine rings is 1. The predicted molar refractivity (Wildman–Crippen MR) is 92.0 cm³/mol. The van der Waals surface area contributed by atoms with E-state index in [4.69, 9.17) is 19.4 Å². The van der Waals surface area contributed by atoms with Gasteiger partial charge in [0.25, 0.3) is 0 Å². The molecule has 7 heteroatoms. The second-order valence-corrected chi connectivity index (χ2v) is 7.30. The summed E-state index contributed by atoms with van der Waals surface area (Å²) in [5.41, 5.74) is 2.13. The van der Waals surface area contributed by atoms with Gasteiger partial charge in [-0.2, -0.15) is 4.98 Å². The number of nitrogens with zero attached hydrogens (tertiary/aromatic N) is 3. The third-order valence-electron chi connectivity index (χ3n) is 5.66. The molecule has 1 aromatic heterocycles. The fourth-order valence-electron chi connectivity index (χ4n) is 4.16. The van der Waals surface area contributed by atoms with Crippen molar-refractivity contribution in [1.82, 2.24) is 9.97 Å². The Morgan fingerprint density at radius 3 is 2.44 bits per heavy atom. The van der Waals surface area contributed by atoms with Crippen LogP contribution in [0.2, 0.25) is 0 Å². The molecule has 138 valence electrons. The van der Waals surface area contributed by atoms with E-state index in [0.717, 1.165) is 49.6 Å². The Morgan fingerprint density at radius 2 is 1.72 bits per heavy atom. The normalized spacial score (nSPS) is 32.0. The van der Waals surface area contributed by atoms with E-state index in [2.05, 4.69) is 4.90 Å². The topological polar surface area (TPSA) is 87.9 Å². The van der Waals surface area contributed by atoms with Crippen LogP contribution in [0.25, 0.3) is 0 Å². The van der Waals surface area contributed by atoms with Gasteiger partial charge in [-0.3, -0.25) is 0 Å². The molecular weight excluding hydrogens is 322 g/mol. The van der Waals surface area contributed by atoms with Crippen molar-refractivity contribution in [3.63, 3.8) is 0 Å². The van der Waals surface area contributed by atoms with E-state index >= 15 is 0 Å². The number of fused-ring (bicyclic) bond motifs is 1. The van der Waals surface area contributed by atoms with Gasteiger partial charge in [0.15, 0.2) is 0 Å². The van der Waals surface area contributed by atoms with Crippen molar-refractivity contribution in [3.8, 4) is 5.88 Å². The van der Waals surface area contributed by atoms with Gasteiger partial charge < -0.3 is 24.6 Å². The molecule has 1 aliphatic heterocycles. The first kappa shape index (κ1) is 17.0. The average molecular weight is 349 g/mol. The molecule has 2 fully saturated rings. The molecule has 3 aliphatic rings. The molecule has 2 aliphatic carbocycles. The Hall–Kier alpha value is -1.44. The van der Waals surface area contributed by atoms with Gasteiger partial charge in [-0.1, -0.05) is 0 Å². The second kappa shape index (κ2) is 7.05. The van der Waals surface area contributed by atoms with Crippen LogP contribution in [0.15, 0.2) is 0 Å². The van der Waals surface area contributed by atoms with E-state index < -0.39 is 24.4 Å². The number of rotatable bonds is 4. The lowest BCUT2D eigenvalue weighted by Gasteiger charge is -2.28. The third kappa shape index (κ3) is 3.20. The highest BCUT2D eigenvalue weighted by Gasteiger charge is 2.44. The lowest BCUT2D eigenvalue weighted by Crippen LogP contribution is -2.36. The van der Waals surface area contributed by atoms with Gasteiger partial charge in [-0.15, -0.1) is 0 Å². The van der Waals surface area contributed by atoms with Gasteiger partial charge in [0.05, 0.1) is 11.8 Å². The molecule has 2 heterocycles. The molecular formula is C18H27N3O4. The first-order chi connectivity index (χ1) is 12.2. The van der Waals surface area contributed by atoms with Crippen molar-refractivity contribution in [1.29, 1.82) is 0 Å². The van der Waals surface area contributed by atoms with Crippen molar-refractivity contribution in [2.24, 2.45) is 0 Å². The fourth-order valence-corrected chi connectivity index (χ4v) is 4.16. The monoisotopic (exact) mass is 349 g/mol. The molecule has 0 radical (unpaired) electrons. The Balaban J connectivity index is 1.59. The number of methoxy groups -OCH3 is 1. The van der Waals surface area contributed by atoms with Crippen LogP contribution in [0.5, 0.6) is 5.88 Å². The largest absolute Gasteiger partial charge is 0.471 e. The Bertz CT molecular complexity index is 621. The highest BCUT2D eigenvalue weighted by atomic mass is 16.5. The van der Waals surface area contributed by atoms with E-state index in [9.17, 15) is 10.2 Å². The quantitative estimate of drug-likeness (QED) is 0.833. The Kier molecular flexibility index (Phi) is 4.80. The van der Waals surface area contributed by atoms with E-state index in [1.165, 1.54) is 19.3 Å². The summed E-state index contributed by atoms with van der Waals surface area (Å²) in [5, 5.41) is 20.3. The van der Waals surface area contributed by atoms with Crippen molar-refractivity contribution in [3.05, 3.63) is 11.3 Å². The zero-order valence-corrected chi connectivity index (χ0v) is 14.7. The van der Waals surface area contributed by atoms with E-state index in [1.54, 1.807) is 7.11 Å². The fraction of sp³-hybridized carbons (Fsp3) is 0.778. The van der Waals surface area contributed by atoms with Crippen molar-refractivity contribution in [2.45, 2.75) is 69.4 Å². The number of aliphatic hydroxyl groups is 2. The standard InChI is InChI=1S/C18H27N3O4/c1-24-13-10-14(16(23)15(13)22)25-17-11-6-5-7-12(11)19-18(20-17)21-8-3-2-4-9-21/h13-16,22-23H,2-10H2,1H3. The smallest absolute Gasteiger partial charge is 0.228 e. The highest BCUT2D eigenvalue weighted by Crippen LogP contribution is 2.34. The zero-order valence-electron chi connectivity index (χ0n) is 14.7. The van der Waals surface area contributed by atoms with E-state index in [-0.39, 0.29) is 0 Å². The van der Waals surface area contributed by atoms with Crippen LogP contribution in [0.4, 0.5) is 5.95 Å². The van der Waals surface area contributed by atoms with Crippen LogP contribution in [-0.2, 0) is 17.6 Å². The number of ether oxygens (including phenoxy) is 2. The molecule has 1 saturated carbocycles.